The van der Waals surface area contributed by atoms with Crippen LogP contribution in [0.15, 0.2) is 170 Å². The van der Waals surface area contributed by atoms with Crippen molar-refractivity contribution in [3.63, 3.8) is 0 Å². The smallest absolute Gasteiger partial charge is 0.135 e. The van der Waals surface area contributed by atoms with Crippen molar-refractivity contribution >= 4 is 44.6 Å². The summed E-state index contributed by atoms with van der Waals surface area (Å²) in [7, 11) is 0. The molecule has 81 heavy (non-hydrogen) atoms. The van der Waals surface area contributed by atoms with Gasteiger partial charge in [-0.3, -0.25) is 0 Å². The molecule has 0 amide bonds. The quantitative estimate of drug-likeness (QED) is 0.142. The molecule has 0 aliphatic carbocycles. The first kappa shape index (κ1) is 57.0. The van der Waals surface area contributed by atoms with Gasteiger partial charge in [0, 0.05) is 66.9 Å². The average molecular weight is 1250 g/mol. The van der Waals surface area contributed by atoms with Crippen LogP contribution in [0, 0.1) is 25.7 Å². The number of anilines is 4. The molecule has 0 bridgehead atoms. The second kappa shape index (κ2) is 21.0. The molecule has 0 radical (unpaired) electrons. The number of ether oxygens (including phenoxy) is 1. The van der Waals surface area contributed by atoms with Gasteiger partial charge in [0.2, 0.25) is 0 Å². The number of nitrogens with zero attached hydrogens (tertiary/aromatic N) is 4. The summed E-state index contributed by atoms with van der Waals surface area (Å²) in [6.45, 7) is 38.8. The second-order valence-corrected chi connectivity index (χ2v) is 27.3. The van der Waals surface area contributed by atoms with Gasteiger partial charge in [0.05, 0.1) is 0 Å². The Morgan fingerprint density at radius 1 is 0.432 bits per heavy atom. The molecule has 0 fully saturated rings. The zero-order valence-electron chi connectivity index (χ0n) is 50.3. The van der Waals surface area contributed by atoms with Crippen molar-refractivity contribution in [2.75, 3.05) is 9.80 Å². The third kappa shape index (κ3) is 11.4. The van der Waals surface area contributed by atoms with E-state index in [0.29, 0.717) is 11.5 Å². The Morgan fingerprint density at radius 2 is 1.00 bits per heavy atom. The average Bonchev–Trinajstić information content (AvgIpc) is 4.05. The molecule has 8 aromatic carbocycles. The summed E-state index contributed by atoms with van der Waals surface area (Å²) in [4.78, 5) is 9.82. The first-order valence-electron chi connectivity index (χ1n) is 28.4. The fraction of sp³-hybridized carbons (Fsp3) is 0.280. The molecule has 416 valence electrons. The van der Waals surface area contributed by atoms with Crippen LogP contribution in [0.4, 0.5) is 22.7 Å². The fourth-order valence-corrected chi connectivity index (χ4v) is 10.9. The van der Waals surface area contributed by atoms with E-state index in [1.807, 2.05) is 18.3 Å². The predicted molar refractivity (Wildman–Crippen MR) is 339 cm³/mol. The van der Waals surface area contributed by atoms with Crippen molar-refractivity contribution in [2.45, 2.75) is 138 Å². The normalized spacial score (nSPS) is 13.2. The Bertz CT molecular complexity index is 3920. The molecule has 0 unspecified atom stereocenters. The summed E-state index contributed by atoms with van der Waals surface area (Å²) < 4.78 is 9.12. The minimum atomic E-state index is -0.0522. The van der Waals surface area contributed by atoms with Gasteiger partial charge in [0.1, 0.15) is 5.82 Å². The van der Waals surface area contributed by atoms with E-state index in [2.05, 4.69) is 296 Å². The molecule has 1 aliphatic heterocycles. The molecule has 10 aromatic rings. The van der Waals surface area contributed by atoms with Crippen molar-refractivity contribution < 1.29 is 25.8 Å². The van der Waals surface area contributed by atoms with E-state index in [9.17, 15) is 0 Å². The van der Waals surface area contributed by atoms with Crippen LogP contribution in [0.3, 0.4) is 0 Å². The summed E-state index contributed by atoms with van der Waals surface area (Å²) in [6.07, 6.45) is 2.02. The maximum absolute atomic E-state index is 6.89. The summed E-state index contributed by atoms with van der Waals surface area (Å²) in [5, 5.41) is 2.18. The van der Waals surface area contributed by atoms with Crippen molar-refractivity contribution in [3.8, 4) is 50.7 Å². The van der Waals surface area contributed by atoms with Gasteiger partial charge in [-0.2, -0.15) is 12.1 Å². The van der Waals surface area contributed by atoms with Crippen molar-refractivity contribution in [3.05, 3.63) is 222 Å². The third-order valence-corrected chi connectivity index (χ3v) is 16.0. The van der Waals surface area contributed by atoms with Crippen LogP contribution in [-0.2, 0) is 48.1 Å². The number of aryl methyl sites for hydroxylation is 1. The summed E-state index contributed by atoms with van der Waals surface area (Å²) in [5.74, 6) is 1.99. The molecule has 11 rings (SSSR count). The number of hydrogen-bond acceptors (Lipinski definition) is 4. The van der Waals surface area contributed by atoms with Gasteiger partial charge >= 0.3 is 0 Å². The first-order chi connectivity index (χ1) is 37.7. The van der Waals surface area contributed by atoms with Crippen LogP contribution in [-0.4, -0.2) is 9.55 Å². The predicted octanol–water partition coefficient (Wildman–Crippen LogP) is 20.8. The van der Waals surface area contributed by atoms with Crippen LogP contribution in [0.5, 0.6) is 11.5 Å². The van der Waals surface area contributed by atoms with Crippen LogP contribution < -0.4 is 14.5 Å². The monoisotopic (exact) mass is 1240 g/mol. The summed E-state index contributed by atoms with van der Waals surface area (Å²) in [6, 6.07) is 67.5. The van der Waals surface area contributed by atoms with E-state index in [1.165, 1.54) is 38.9 Å². The van der Waals surface area contributed by atoms with Crippen LogP contribution in [0.2, 0.25) is 0 Å². The summed E-state index contributed by atoms with van der Waals surface area (Å²) in [5.41, 5.74) is 20.7. The molecule has 0 saturated heterocycles. The Kier molecular flexibility index (Phi) is 14.8. The van der Waals surface area contributed by atoms with E-state index in [1.54, 1.807) is 0 Å². The molecular formula is C75H77N4OPt-3. The zero-order chi connectivity index (χ0) is 56.8. The van der Waals surface area contributed by atoms with Gasteiger partial charge in [-0.05, 0) is 137 Å². The number of pyridine rings is 1. The molecule has 6 heteroatoms. The SMILES string of the molecule is Cc1cc(-n2c3[c-]c(Oc4[c-]c(N5[CH-]N(c6cc(C(C)(C)C)cc(C(C)(C)C)c6)c6ccc(-c7cc(C(C)(C)C)cc(C(C)(C)C)c7)cc65)ccc4)ccc3c3cc(-c4ccccc4)ccc32)ncc1-c1ccc(C(C)(C)C)cc1.[Pt]. The molecule has 3 heterocycles. The van der Waals surface area contributed by atoms with Gasteiger partial charge in [-0.1, -0.05) is 206 Å². The Balaban J connectivity index is 0.00000736. The van der Waals surface area contributed by atoms with Crippen LogP contribution >= 0.6 is 0 Å². The minimum Gasteiger partial charge on any atom is -0.509 e. The standard InChI is InChI=1S/C75H77N4O.Pt/c1-48-35-70(76-46-65(48)50-25-29-54(30-26-50)71(2,3)4)79-66-33-27-51(49-21-18-17-19-22-49)38-64(66)63-32-31-62(45-68(63)79)80-61-24-20-23-59(44-61)77-47-78(60-42-57(74(11,12)13)41-58(43-60)75(14,15)16)67-34-28-52(39-69(67)77)53-36-55(72(5,6)7)40-56(37-53)73(8,9)10;/h17-43,46-47H,1-16H3;/q-3;. The molecule has 0 spiro atoms. The number of rotatable bonds is 8. The van der Waals surface area contributed by atoms with Crippen molar-refractivity contribution in [2.24, 2.45) is 0 Å². The second-order valence-electron chi connectivity index (χ2n) is 27.3. The van der Waals surface area contributed by atoms with Gasteiger partial charge in [-0.25, -0.2) is 4.98 Å². The van der Waals surface area contributed by atoms with E-state index >= 15 is 0 Å². The Hall–Kier alpha value is -7.20. The van der Waals surface area contributed by atoms with Crippen molar-refractivity contribution in [1.82, 2.24) is 9.55 Å². The number of aromatic nitrogens is 2. The van der Waals surface area contributed by atoms with Crippen molar-refractivity contribution in [1.29, 1.82) is 0 Å². The zero-order valence-corrected chi connectivity index (χ0v) is 52.5. The van der Waals surface area contributed by atoms with Crippen LogP contribution in [0.1, 0.15) is 137 Å². The van der Waals surface area contributed by atoms with E-state index in [-0.39, 0.29) is 48.1 Å². The molecular weight excluding hydrogens is 1170 g/mol. The van der Waals surface area contributed by atoms with Gasteiger partial charge < -0.3 is 19.1 Å². The van der Waals surface area contributed by atoms with Gasteiger partial charge in [0.25, 0.3) is 0 Å². The maximum Gasteiger partial charge on any atom is 0.135 e. The number of benzene rings is 8. The molecule has 5 nitrogen and oxygen atoms in total. The largest absolute Gasteiger partial charge is 0.509 e. The third-order valence-electron chi connectivity index (χ3n) is 16.0. The molecule has 0 N–H and O–H groups in total. The van der Waals surface area contributed by atoms with E-state index in [0.717, 1.165) is 78.2 Å². The molecule has 2 aromatic heterocycles. The fourth-order valence-electron chi connectivity index (χ4n) is 10.9. The molecule has 1 aliphatic rings. The Morgan fingerprint density at radius 3 is 1.60 bits per heavy atom. The number of fused-ring (bicyclic) bond motifs is 4. The first-order valence-corrected chi connectivity index (χ1v) is 28.4. The van der Waals surface area contributed by atoms with Gasteiger partial charge in [0.15, 0.2) is 0 Å². The minimum absolute atomic E-state index is 0. The number of hydrogen-bond donors (Lipinski definition) is 0. The topological polar surface area (TPSA) is 33.5 Å². The van der Waals surface area contributed by atoms with E-state index in [4.69, 9.17) is 9.72 Å². The Labute approximate surface area is 497 Å². The maximum atomic E-state index is 6.89. The van der Waals surface area contributed by atoms with Crippen LogP contribution in [0.25, 0.3) is 61.0 Å². The molecule has 0 atom stereocenters. The molecule has 0 saturated carbocycles. The van der Waals surface area contributed by atoms with E-state index < -0.39 is 0 Å². The van der Waals surface area contributed by atoms with Gasteiger partial charge in [-0.15, -0.1) is 48.1 Å². The summed E-state index contributed by atoms with van der Waals surface area (Å²) >= 11 is 0.